The van der Waals surface area contributed by atoms with Gasteiger partial charge in [0, 0.05) is 0 Å². The first-order valence-corrected chi connectivity index (χ1v) is 5.46. The fourth-order valence-corrected chi connectivity index (χ4v) is 2.14. The summed E-state index contributed by atoms with van der Waals surface area (Å²) in [5, 5.41) is 2.52. The minimum absolute atomic E-state index is 0.198. The Bertz CT molecular complexity index is 726. The molecule has 0 aromatic heterocycles. The lowest BCUT2D eigenvalue weighted by Gasteiger charge is -2.10. The lowest BCUT2D eigenvalue weighted by Crippen LogP contribution is -2.05. The van der Waals surface area contributed by atoms with Crippen LogP contribution in [0, 0.1) is 6.07 Å². The third-order valence-electron chi connectivity index (χ3n) is 2.96. The molecule has 0 N–H and O–H groups in total. The molecule has 0 nitrogen and oxygen atoms in total. The molecule has 1 radical (unpaired) electrons. The molecule has 18 heavy (non-hydrogen) atoms. The van der Waals surface area contributed by atoms with E-state index in [1.54, 1.807) is 18.2 Å². The van der Waals surface area contributed by atoms with Crippen LogP contribution in [0.25, 0.3) is 21.5 Å². The van der Waals surface area contributed by atoms with Crippen molar-refractivity contribution in [3.8, 4) is 0 Å². The zero-order valence-electron chi connectivity index (χ0n) is 9.25. The van der Waals surface area contributed by atoms with E-state index in [0.717, 1.165) is 10.8 Å². The maximum absolute atomic E-state index is 12.9. The molecule has 0 spiro atoms. The van der Waals surface area contributed by atoms with Crippen molar-refractivity contribution >= 4 is 21.5 Å². The van der Waals surface area contributed by atoms with E-state index >= 15 is 0 Å². The summed E-state index contributed by atoms with van der Waals surface area (Å²) in [5.41, 5.74) is -0.703. The number of hydrogen-bond acceptors (Lipinski definition) is 0. The zero-order chi connectivity index (χ0) is 12.8. The highest BCUT2D eigenvalue weighted by Gasteiger charge is 2.32. The van der Waals surface area contributed by atoms with Gasteiger partial charge in [0.1, 0.15) is 0 Å². The lowest BCUT2D eigenvalue weighted by molar-refractivity contribution is -0.136. The molecule has 89 valence electrons. The Morgan fingerprint density at radius 2 is 1.50 bits per heavy atom. The standard InChI is InChI=1S/C15H8F3/c16-15(17,18)14-7-3-6-12-8-10-4-1-2-5-11(10)9-13(12)14/h1-6,8-9H. The van der Waals surface area contributed by atoms with Crippen molar-refractivity contribution in [3.63, 3.8) is 0 Å². The van der Waals surface area contributed by atoms with Gasteiger partial charge in [0.15, 0.2) is 0 Å². The molecule has 0 saturated heterocycles. The van der Waals surface area contributed by atoms with E-state index in [4.69, 9.17) is 0 Å². The van der Waals surface area contributed by atoms with Crippen LogP contribution in [0.15, 0.2) is 48.5 Å². The van der Waals surface area contributed by atoms with Gasteiger partial charge in [-0.15, -0.1) is 0 Å². The molecule has 0 atom stereocenters. The Labute approximate surface area is 102 Å². The van der Waals surface area contributed by atoms with Crippen LogP contribution in [-0.4, -0.2) is 0 Å². The van der Waals surface area contributed by atoms with Crippen molar-refractivity contribution in [2.45, 2.75) is 6.18 Å². The minimum Gasteiger partial charge on any atom is -0.166 e. The van der Waals surface area contributed by atoms with Gasteiger partial charge < -0.3 is 0 Å². The molecule has 0 heterocycles. The van der Waals surface area contributed by atoms with Gasteiger partial charge in [-0.1, -0.05) is 36.4 Å². The van der Waals surface area contributed by atoms with Crippen LogP contribution in [0.4, 0.5) is 13.2 Å². The van der Waals surface area contributed by atoms with Gasteiger partial charge in [-0.25, -0.2) is 0 Å². The summed E-state index contributed by atoms with van der Waals surface area (Å²) in [6, 6.07) is 16.0. The predicted molar refractivity (Wildman–Crippen MR) is 65.3 cm³/mol. The van der Waals surface area contributed by atoms with E-state index in [-0.39, 0.29) is 5.39 Å². The van der Waals surface area contributed by atoms with Crippen LogP contribution in [0.3, 0.4) is 0 Å². The first-order valence-electron chi connectivity index (χ1n) is 5.46. The van der Waals surface area contributed by atoms with E-state index < -0.39 is 11.7 Å². The minimum atomic E-state index is -4.37. The van der Waals surface area contributed by atoms with Crippen molar-refractivity contribution in [2.24, 2.45) is 0 Å². The second kappa shape index (κ2) is 3.73. The molecule has 0 saturated carbocycles. The Balaban J connectivity index is 2.44. The molecule has 0 aliphatic rings. The largest absolute Gasteiger partial charge is 0.417 e. The van der Waals surface area contributed by atoms with E-state index in [1.807, 2.05) is 24.3 Å². The monoisotopic (exact) mass is 245 g/mol. The van der Waals surface area contributed by atoms with Crippen molar-refractivity contribution in [3.05, 3.63) is 60.2 Å². The summed E-state index contributed by atoms with van der Waals surface area (Å²) >= 11 is 0. The summed E-state index contributed by atoms with van der Waals surface area (Å²) in [7, 11) is 0. The SMILES string of the molecule is FC(F)(F)c1[c]ccc2cc3ccccc3cc12. The average Bonchev–Trinajstić information content (AvgIpc) is 2.34. The van der Waals surface area contributed by atoms with Gasteiger partial charge >= 0.3 is 6.18 Å². The van der Waals surface area contributed by atoms with Crippen molar-refractivity contribution in [1.82, 2.24) is 0 Å². The highest BCUT2D eigenvalue weighted by atomic mass is 19.4. The number of alkyl halides is 3. The van der Waals surface area contributed by atoms with Crippen LogP contribution < -0.4 is 0 Å². The van der Waals surface area contributed by atoms with Crippen LogP contribution in [0.5, 0.6) is 0 Å². The third kappa shape index (κ3) is 1.72. The van der Waals surface area contributed by atoms with Crippen molar-refractivity contribution in [2.75, 3.05) is 0 Å². The predicted octanol–water partition coefficient (Wildman–Crippen LogP) is 4.81. The molecule has 3 aromatic carbocycles. The highest BCUT2D eigenvalue weighted by molar-refractivity contribution is 5.99. The van der Waals surface area contributed by atoms with Crippen molar-refractivity contribution < 1.29 is 13.2 Å². The Morgan fingerprint density at radius 3 is 2.17 bits per heavy atom. The summed E-state index contributed by atoms with van der Waals surface area (Å²) in [6.07, 6.45) is -4.37. The summed E-state index contributed by atoms with van der Waals surface area (Å²) in [4.78, 5) is 0. The molecular weight excluding hydrogens is 237 g/mol. The molecule has 3 rings (SSSR count). The molecular formula is C15H8F3. The number of rotatable bonds is 0. The van der Waals surface area contributed by atoms with Crippen molar-refractivity contribution in [1.29, 1.82) is 0 Å². The molecule has 0 bridgehead atoms. The van der Waals surface area contributed by atoms with Crippen LogP contribution >= 0.6 is 0 Å². The van der Waals surface area contributed by atoms with Gasteiger partial charge in [0.05, 0.1) is 5.56 Å². The zero-order valence-corrected chi connectivity index (χ0v) is 9.25. The van der Waals surface area contributed by atoms with Gasteiger partial charge in [-0.3, -0.25) is 0 Å². The summed E-state index contributed by atoms with van der Waals surface area (Å²) in [5.74, 6) is 0. The molecule has 3 heteroatoms. The smallest absolute Gasteiger partial charge is 0.166 e. The number of fused-ring (bicyclic) bond motifs is 2. The summed E-state index contributed by atoms with van der Waals surface area (Å²) < 4.78 is 38.7. The van der Waals surface area contributed by atoms with Crippen LogP contribution in [0.2, 0.25) is 0 Å². The van der Waals surface area contributed by atoms with E-state index in [9.17, 15) is 13.2 Å². The number of benzene rings is 3. The maximum Gasteiger partial charge on any atom is 0.417 e. The quantitative estimate of drug-likeness (QED) is 0.498. The Morgan fingerprint density at radius 1 is 0.833 bits per heavy atom. The second-order valence-corrected chi connectivity index (χ2v) is 4.14. The van der Waals surface area contributed by atoms with Gasteiger partial charge in [0.25, 0.3) is 0 Å². The van der Waals surface area contributed by atoms with Gasteiger partial charge in [0.2, 0.25) is 0 Å². The normalized spacial score (nSPS) is 12.2. The first-order chi connectivity index (χ1) is 8.55. The fraction of sp³-hybridized carbons (Fsp3) is 0.0667. The fourth-order valence-electron chi connectivity index (χ4n) is 2.14. The van der Waals surface area contributed by atoms with E-state index in [2.05, 4.69) is 6.07 Å². The van der Waals surface area contributed by atoms with Crippen LogP contribution in [0.1, 0.15) is 5.56 Å². The maximum atomic E-state index is 12.9. The average molecular weight is 245 g/mol. The lowest BCUT2D eigenvalue weighted by atomic mass is 9.99. The number of halogens is 3. The molecule has 0 aliphatic carbocycles. The molecule has 3 aromatic rings. The Kier molecular flexibility index (Phi) is 2.30. The van der Waals surface area contributed by atoms with Crippen LogP contribution in [-0.2, 0) is 6.18 Å². The summed E-state index contributed by atoms with van der Waals surface area (Å²) in [6.45, 7) is 0. The molecule has 0 fully saturated rings. The molecule has 0 amide bonds. The van der Waals surface area contributed by atoms with Gasteiger partial charge in [-0.2, -0.15) is 13.2 Å². The van der Waals surface area contributed by atoms with Gasteiger partial charge in [-0.05, 0) is 39.7 Å². The highest BCUT2D eigenvalue weighted by Crippen LogP contribution is 2.35. The van der Waals surface area contributed by atoms with E-state index in [1.165, 1.54) is 6.07 Å². The van der Waals surface area contributed by atoms with E-state index in [0.29, 0.717) is 5.39 Å². The number of hydrogen-bond donors (Lipinski definition) is 0. The third-order valence-corrected chi connectivity index (χ3v) is 2.96. The molecule has 0 unspecified atom stereocenters. The first kappa shape index (κ1) is 11.1. The topological polar surface area (TPSA) is 0 Å². The molecule has 0 aliphatic heterocycles. The Hall–Kier alpha value is -2.03. The second-order valence-electron chi connectivity index (χ2n) is 4.14.